The lowest BCUT2D eigenvalue weighted by Gasteiger charge is -2.21. The van der Waals surface area contributed by atoms with E-state index in [9.17, 15) is 4.79 Å². The number of aromatic nitrogens is 1. The van der Waals surface area contributed by atoms with E-state index < -0.39 is 0 Å². The highest BCUT2D eigenvalue weighted by Crippen LogP contribution is 2.29. The Labute approximate surface area is 94.9 Å². The third-order valence-corrected chi connectivity index (χ3v) is 3.04. The predicted octanol–water partition coefficient (Wildman–Crippen LogP) is 0.910. The van der Waals surface area contributed by atoms with Gasteiger partial charge in [-0.1, -0.05) is 6.07 Å². The van der Waals surface area contributed by atoms with E-state index >= 15 is 0 Å². The predicted molar refractivity (Wildman–Crippen MR) is 59.8 cm³/mol. The Morgan fingerprint density at radius 3 is 3.06 bits per heavy atom. The van der Waals surface area contributed by atoms with Crippen LogP contribution in [0, 0.1) is 0 Å². The summed E-state index contributed by atoms with van der Waals surface area (Å²) in [4.78, 5) is 17.0. The molecule has 1 aromatic heterocycles. The van der Waals surface area contributed by atoms with Gasteiger partial charge in [0.2, 0.25) is 0 Å². The summed E-state index contributed by atoms with van der Waals surface area (Å²) < 4.78 is 0. The average Bonchev–Trinajstić information content (AvgIpc) is 2.78. The smallest absolute Gasteiger partial charge is 0.134 e. The molecule has 4 nitrogen and oxygen atoms in total. The van der Waals surface area contributed by atoms with E-state index in [0.717, 1.165) is 36.9 Å². The van der Waals surface area contributed by atoms with Crippen LogP contribution < -0.4 is 0 Å². The van der Waals surface area contributed by atoms with Crippen LogP contribution in [-0.2, 0) is 11.4 Å². The van der Waals surface area contributed by atoms with Gasteiger partial charge >= 0.3 is 0 Å². The topological polar surface area (TPSA) is 53.4 Å². The molecule has 2 heterocycles. The van der Waals surface area contributed by atoms with Crippen molar-refractivity contribution < 1.29 is 9.90 Å². The first-order chi connectivity index (χ1) is 7.85. The number of aliphatic hydroxyl groups excluding tert-OH is 1. The van der Waals surface area contributed by atoms with Gasteiger partial charge in [-0.3, -0.25) is 9.88 Å². The molecule has 1 aliphatic rings. The van der Waals surface area contributed by atoms with Crippen molar-refractivity contribution in [2.75, 3.05) is 13.1 Å². The molecule has 1 unspecified atom stereocenters. The van der Waals surface area contributed by atoms with Crippen LogP contribution in [0.1, 0.15) is 30.1 Å². The first kappa shape index (κ1) is 11.2. The van der Waals surface area contributed by atoms with Crippen molar-refractivity contribution in [3.05, 3.63) is 29.6 Å². The van der Waals surface area contributed by atoms with Crippen molar-refractivity contribution in [3.63, 3.8) is 0 Å². The average molecular weight is 220 g/mol. The molecule has 0 spiro atoms. The molecule has 0 saturated carbocycles. The monoisotopic (exact) mass is 220 g/mol. The van der Waals surface area contributed by atoms with Crippen LogP contribution in [0.25, 0.3) is 0 Å². The minimum absolute atomic E-state index is 0.0238. The fourth-order valence-corrected chi connectivity index (χ4v) is 2.20. The Morgan fingerprint density at radius 1 is 1.56 bits per heavy atom. The highest BCUT2D eigenvalue weighted by Gasteiger charge is 2.26. The van der Waals surface area contributed by atoms with E-state index in [1.54, 1.807) is 6.20 Å². The molecule has 1 N–H and O–H groups in total. The van der Waals surface area contributed by atoms with Crippen molar-refractivity contribution in [1.82, 2.24) is 9.88 Å². The zero-order valence-corrected chi connectivity index (χ0v) is 9.17. The summed E-state index contributed by atoms with van der Waals surface area (Å²) in [5.41, 5.74) is 1.82. The molecule has 1 aliphatic heterocycles. The van der Waals surface area contributed by atoms with Crippen LogP contribution in [0.15, 0.2) is 18.3 Å². The van der Waals surface area contributed by atoms with Crippen LogP contribution in [0.5, 0.6) is 0 Å². The normalized spacial score (nSPS) is 21.2. The summed E-state index contributed by atoms with van der Waals surface area (Å²) in [5.74, 6) is 0. The molecule has 0 amide bonds. The molecular weight excluding hydrogens is 204 g/mol. The van der Waals surface area contributed by atoms with Gasteiger partial charge in [0.1, 0.15) is 6.29 Å². The number of carbonyl (C=O) groups is 1. The first-order valence-corrected chi connectivity index (χ1v) is 5.58. The maximum absolute atomic E-state index is 10.5. The number of carbonyl (C=O) groups excluding carboxylic acids is 1. The van der Waals surface area contributed by atoms with Crippen molar-refractivity contribution in [1.29, 1.82) is 0 Å². The summed E-state index contributed by atoms with van der Waals surface area (Å²) in [6.45, 7) is 1.47. The third-order valence-electron chi connectivity index (χ3n) is 3.04. The fraction of sp³-hybridized carbons (Fsp3) is 0.500. The number of hydrogen-bond donors (Lipinski definition) is 1. The standard InChI is InChI=1S/C12H16N2O2/c15-7-6-14-5-1-2-12(14)11-4-3-10(9-16)8-13-11/h3-4,7-8,12,16H,1-2,5-6,9H2. The van der Waals surface area contributed by atoms with E-state index in [1.165, 1.54) is 0 Å². The SMILES string of the molecule is O=CCN1CCCC1c1ccc(CO)cn1. The van der Waals surface area contributed by atoms with Crippen LogP contribution >= 0.6 is 0 Å². The quantitative estimate of drug-likeness (QED) is 0.766. The van der Waals surface area contributed by atoms with Crippen molar-refractivity contribution in [2.45, 2.75) is 25.5 Å². The zero-order chi connectivity index (χ0) is 11.4. The number of aldehydes is 1. The van der Waals surface area contributed by atoms with E-state index in [0.29, 0.717) is 6.54 Å². The summed E-state index contributed by atoms with van der Waals surface area (Å²) in [6, 6.07) is 4.09. The lowest BCUT2D eigenvalue weighted by atomic mass is 10.1. The maximum atomic E-state index is 10.5. The molecule has 1 atom stereocenters. The summed E-state index contributed by atoms with van der Waals surface area (Å²) in [6.07, 6.45) is 4.81. The number of pyridine rings is 1. The molecule has 2 rings (SSSR count). The van der Waals surface area contributed by atoms with E-state index in [4.69, 9.17) is 5.11 Å². The molecule has 1 aromatic rings. The molecule has 1 fully saturated rings. The number of aliphatic hydroxyl groups is 1. The molecule has 0 bridgehead atoms. The Balaban J connectivity index is 2.12. The maximum Gasteiger partial charge on any atom is 0.134 e. The van der Waals surface area contributed by atoms with Gasteiger partial charge in [-0.05, 0) is 31.0 Å². The second kappa shape index (κ2) is 5.18. The molecule has 0 aromatic carbocycles. The molecule has 16 heavy (non-hydrogen) atoms. The van der Waals surface area contributed by atoms with Gasteiger partial charge in [-0.2, -0.15) is 0 Å². The van der Waals surface area contributed by atoms with Gasteiger partial charge in [-0.15, -0.1) is 0 Å². The fourth-order valence-electron chi connectivity index (χ4n) is 2.20. The summed E-state index contributed by atoms with van der Waals surface area (Å²) in [5, 5.41) is 8.93. The van der Waals surface area contributed by atoms with Crippen LogP contribution in [-0.4, -0.2) is 34.4 Å². The lowest BCUT2D eigenvalue weighted by molar-refractivity contribution is -0.109. The minimum Gasteiger partial charge on any atom is -0.392 e. The minimum atomic E-state index is 0.0238. The van der Waals surface area contributed by atoms with E-state index in [-0.39, 0.29) is 12.6 Å². The Morgan fingerprint density at radius 2 is 2.44 bits per heavy atom. The number of rotatable bonds is 4. The Kier molecular flexibility index (Phi) is 3.64. The molecule has 0 aliphatic carbocycles. The summed E-state index contributed by atoms with van der Waals surface area (Å²) in [7, 11) is 0. The van der Waals surface area contributed by atoms with Gasteiger partial charge in [0.25, 0.3) is 0 Å². The van der Waals surface area contributed by atoms with Crippen LogP contribution in [0.4, 0.5) is 0 Å². The van der Waals surface area contributed by atoms with Gasteiger partial charge in [0, 0.05) is 6.20 Å². The van der Waals surface area contributed by atoms with Crippen LogP contribution in [0.2, 0.25) is 0 Å². The highest BCUT2D eigenvalue weighted by atomic mass is 16.3. The van der Waals surface area contributed by atoms with E-state index in [2.05, 4.69) is 9.88 Å². The Bertz CT molecular complexity index is 351. The van der Waals surface area contributed by atoms with Gasteiger partial charge in [0.15, 0.2) is 0 Å². The van der Waals surface area contributed by atoms with Crippen molar-refractivity contribution in [2.24, 2.45) is 0 Å². The first-order valence-electron chi connectivity index (χ1n) is 5.58. The zero-order valence-electron chi connectivity index (χ0n) is 9.17. The number of likely N-dealkylation sites (tertiary alicyclic amines) is 1. The molecule has 1 saturated heterocycles. The second-order valence-corrected chi connectivity index (χ2v) is 4.07. The highest BCUT2D eigenvalue weighted by molar-refractivity contribution is 5.52. The second-order valence-electron chi connectivity index (χ2n) is 4.07. The third kappa shape index (κ3) is 2.28. The summed E-state index contributed by atoms with van der Waals surface area (Å²) >= 11 is 0. The Hall–Kier alpha value is -1.26. The largest absolute Gasteiger partial charge is 0.392 e. The van der Waals surface area contributed by atoms with Gasteiger partial charge < -0.3 is 9.90 Å². The number of hydrogen-bond acceptors (Lipinski definition) is 4. The number of nitrogens with zero attached hydrogens (tertiary/aromatic N) is 2. The molecule has 0 radical (unpaired) electrons. The molecule has 4 heteroatoms. The molecule has 86 valence electrons. The molecular formula is C12H16N2O2. The van der Waals surface area contributed by atoms with Crippen molar-refractivity contribution >= 4 is 6.29 Å². The lowest BCUT2D eigenvalue weighted by Crippen LogP contribution is -2.25. The van der Waals surface area contributed by atoms with Crippen molar-refractivity contribution in [3.8, 4) is 0 Å². The van der Waals surface area contributed by atoms with E-state index in [1.807, 2.05) is 12.1 Å². The van der Waals surface area contributed by atoms with Gasteiger partial charge in [0.05, 0.1) is 24.9 Å². The van der Waals surface area contributed by atoms with Crippen LogP contribution in [0.3, 0.4) is 0 Å². The van der Waals surface area contributed by atoms with Gasteiger partial charge in [-0.25, -0.2) is 0 Å².